The van der Waals surface area contributed by atoms with E-state index >= 15 is 0 Å². The molecule has 1 fully saturated rings. The molecule has 1 saturated heterocycles. The van der Waals surface area contributed by atoms with Crippen LogP contribution in [-0.4, -0.2) is 39.0 Å². The molecule has 1 aliphatic heterocycles. The van der Waals surface area contributed by atoms with Crippen LogP contribution in [0.3, 0.4) is 0 Å². The second kappa shape index (κ2) is 9.70. The molecule has 1 N–H and O–H groups in total. The number of nitrogens with zero attached hydrogens (tertiary/aromatic N) is 4. The Morgan fingerprint density at radius 1 is 1.20 bits per heavy atom. The van der Waals surface area contributed by atoms with Gasteiger partial charge in [0.2, 0.25) is 11.9 Å². The first kappa shape index (κ1) is 21.0. The third-order valence-corrected chi connectivity index (χ3v) is 6.60. The normalized spacial score (nSPS) is 15.2. The highest BCUT2D eigenvalue weighted by Crippen LogP contribution is 2.29. The Hall–Kier alpha value is -2.26. The summed E-state index contributed by atoms with van der Waals surface area (Å²) in [6.07, 6.45) is 5.23. The molecular weight excluding hydrogens is 466 g/mol. The molecule has 7 nitrogen and oxygen atoms in total. The lowest BCUT2D eigenvalue weighted by Gasteiger charge is -2.27. The number of furan rings is 1. The van der Waals surface area contributed by atoms with E-state index in [9.17, 15) is 4.79 Å². The number of aromatic nitrogens is 3. The summed E-state index contributed by atoms with van der Waals surface area (Å²) in [5, 5.41) is 12.2. The molecule has 1 aliphatic rings. The van der Waals surface area contributed by atoms with Gasteiger partial charge in [-0.2, -0.15) is 0 Å². The number of halogens is 1. The molecule has 0 radical (unpaired) electrons. The fraction of sp³-hybridized carbons (Fsp3) is 0.381. The summed E-state index contributed by atoms with van der Waals surface area (Å²) in [4.78, 5) is 15.0. The number of nitrogens with one attached hydrogen (secondary N) is 1. The minimum Gasteiger partial charge on any atom is -0.467 e. The molecule has 1 unspecified atom stereocenters. The smallest absolute Gasteiger partial charge is 0.237 e. The molecule has 3 aromatic rings. The van der Waals surface area contributed by atoms with Crippen LogP contribution in [0.1, 0.15) is 31.9 Å². The van der Waals surface area contributed by atoms with Gasteiger partial charge in [0.25, 0.3) is 0 Å². The van der Waals surface area contributed by atoms with E-state index in [4.69, 9.17) is 4.42 Å². The van der Waals surface area contributed by atoms with Crippen LogP contribution in [-0.2, 0) is 11.3 Å². The third-order valence-electron chi connectivity index (χ3n) is 4.99. The molecule has 9 heteroatoms. The highest BCUT2D eigenvalue weighted by Gasteiger charge is 2.24. The molecule has 4 rings (SSSR count). The van der Waals surface area contributed by atoms with Gasteiger partial charge in [0.15, 0.2) is 5.16 Å². The SMILES string of the molecule is CC(Sc1nnc(N2CCCCC2)n1Cc1ccco1)C(=O)Nc1ccc(Br)cc1. The molecule has 158 valence electrons. The summed E-state index contributed by atoms with van der Waals surface area (Å²) in [7, 11) is 0. The zero-order valence-corrected chi connectivity index (χ0v) is 19.2. The van der Waals surface area contributed by atoms with E-state index in [0.717, 1.165) is 47.8 Å². The lowest BCUT2D eigenvalue weighted by molar-refractivity contribution is -0.115. The Balaban J connectivity index is 1.51. The van der Waals surface area contributed by atoms with Crippen LogP contribution < -0.4 is 10.2 Å². The summed E-state index contributed by atoms with van der Waals surface area (Å²) in [6, 6.07) is 11.4. The molecule has 1 amide bonds. The summed E-state index contributed by atoms with van der Waals surface area (Å²) in [6.45, 7) is 4.36. The summed E-state index contributed by atoms with van der Waals surface area (Å²) in [5.41, 5.74) is 0.765. The molecule has 2 aromatic heterocycles. The number of amides is 1. The fourth-order valence-corrected chi connectivity index (χ4v) is 4.49. The minimum absolute atomic E-state index is 0.0746. The highest BCUT2D eigenvalue weighted by molar-refractivity contribution is 9.10. The lowest BCUT2D eigenvalue weighted by Crippen LogP contribution is -2.32. The van der Waals surface area contributed by atoms with Crippen molar-refractivity contribution in [3.63, 3.8) is 0 Å². The third kappa shape index (κ3) is 5.07. The zero-order chi connectivity index (χ0) is 20.9. The molecule has 1 atom stereocenters. The van der Waals surface area contributed by atoms with Gasteiger partial charge >= 0.3 is 0 Å². The Bertz CT molecular complexity index is 968. The van der Waals surface area contributed by atoms with Crippen molar-refractivity contribution in [1.29, 1.82) is 0 Å². The number of piperidine rings is 1. The molecule has 3 heterocycles. The van der Waals surface area contributed by atoms with Crippen molar-refractivity contribution in [3.05, 3.63) is 52.9 Å². The fourth-order valence-electron chi connectivity index (χ4n) is 3.38. The van der Waals surface area contributed by atoms with Crippen molar-refractivity contribution in [2.24, 2.45) is 0 Å². The molecule has 0 aliphatic carbocycles. The summed E-state index contributed by atoms with van der Waals surface area (Å²) < 4.78 is 8.58. The quantitative estimate of drug-likeness (QED) is 0.480. The average molecular weight is 490 g/mol. The molecular formula is C21H24BrN5O2S. The largest absolute Gasteiger partial charge is 0.467 e. The first-order valence-electron chi connectivity index (χ1n) is 10.0. The number of carbonyl (C=O) groups excluding carboxylic acids is 1. The van der Waals surface area contributed by atoms with Crippen molar-refractivity contribution in [3.8, 4) is 0 Å². The topological polar surface area (TPSA) is 76.2 Å². The van der Waals surface area contributed by atoms with Gasteiger partial charge in [-0.25, -0.2) is 0 Å². The van der Waals surface area contributed by atoms with Crippen LogP contribution >= 0.6 is 27.7 Å². The van der Waals surface area contributed by atoms with Gasteiger partial charge in [-0.1, -0.05) is 27.7 Å². The van der Waals surface area contributed by atoms with Gasteiger partial charge in [-0.15, -0.1) is 10.2 Å². The van der Waals surface area contributed by atoms with E-state index in [1.807, 2.05) is 43.3 Å². The van der Waals surface area contributed by atoms with Crippen LogP contribution in [0.5, 0.6) is 0 Å². The van der Waals surface area contributed by atoms with Gasteiger partial charge in [0.05, 0.1) is 18.1 Å². The average Bonchev–Trinajstić information content (AvgIpc) is 3.41. The van der Waals surface area contributed by atoms with E-state index in [0.29, 0.717) is 11.7 Å². The Morgan fingerprint density at radius 3 is 2.67 bits per heavy atom. The van der Waals surface area contributed by atoms with Crippen LogP contribution in [0.25, 0.3) is 0 Å². The number of benzene rings is 1. The van der Waals surface area contributed by atoms with Crippen molar-refractivity contribution in [2.75, 3.05) is 23.3 Å². The second-order valence-corrected chi connectivity index (χ2v) is 9.48. The van der Waals surface area contributed by atoms with E-state index in [1.165, 1.54) is 18.2 Å². The number of carbonyl (C=O) groups is 1. The number of hydrogen-bond donors (Lipinski definition) is 1. The highest BCUT2D eigenvalue weighted by atomic mass is 79.9. The van der Waals surface area contributed by atoms with Gasteiger partial charge < -0.3 is 14.6 Å². The molecule has 0 spiro atoms. The van der Waals surface area contributed by atoms with Crippen molar-refractivity contribution >= 4 is 45.2 Å². The standard InChI is InChI=1S/C21H24BrN5O2S/c1-15(19(28)23-17-9-7-16(22)8-10-17)30-21-25-24-20(26-11-3-2-4-12-26)27(21)14-18-6-5-13-29-18/h5-10,13,15H,2-4,11-12,14H2,1H3,(H,23,28). The first-order valence-corrected chi connectivity index (χ1v) is 11.7. The van der Waals surface area contributed by atoms with E-state index in [2.05, 4.69) is 40.9 Å². The zero-order valence-electron chi connectivity index (χ0n) is 16.8. The van der Waals surface area contributed by atoms with E-state index < -0.39 is 0 Å². The number of hydrogen-bond acceptors (Lipinski definition) is 6. The maximum atomic E-state index is 12.7. The lowest BCUT2D eigenvalue weighted by atomic mass is 10.1. The molecule has 1 aromatic carbocycles. The second-order valence-electron chi connectivity index (χ2n) is 7.25. The number of rotatable bonds is 7. The van der Waals surface area contributed by atoms with E-state index in [1.54, 1.807) is 6.26 Å². The van der Waals surface area contributed by atoms with Crippen LogP contribution in [0, 0.1) is 0 Å². The Kier molecular flexibility index (Phi) is 6.79. The summed E-state index contributed by atoms with van der Waals surface area (Å²) in [5.74, 6) is 1.60. The van der Waals surface area contributed by atoms with Gasteiger partial charge in [0.1, 0.15) is 5.76 Å². The minimum atomic E-state index is -0.331. The predicted molar refractivity (Wildman–Crippen MR) is 122 cm³/mol. The predicted octanol–water partition coefficient (Wildman–Crippen LogP) is 4.79. The van der Waals surface area contributed by atoms with Crippen LogP contribution in [0.15, 0.2) is 56.7 Å². The molecule has 0 bridgehead atoms. The summed E-state index contributed by atoms with van der Waals surface area (Å²) >= 11 is 4.81. The van der Waals surface area contributed by atoms with Crippen molar-refractivity contribution in [2.45, 2.75) is 43.1 Å². The van der Waals surface area contributed by atoms with Crippen LogP contribution in [0.4, 0.5) is 11.6 Å². The monoisotopic (exact) mass is 489 g/mol. The number of anilines is 2. The van der Waals surface area contributed by atoms with Gasteiger partial charge in [-0.05, 0) is 62.6 Å². The van der Waals surface area contributed by atoms with Gasteiger partial charge in [-0.3, -0.25) is 9.36 Å². The molecule has 0 saturated carbocycles. The Morgan fingerprint density at radius 2 is 1.97 bits per heavy atom. The maximum absolute atomic E-state index is 12.7. The van der Waals surface area contributed by atoms with E-state index in [-0.39, 0.29) is 11.2 Å². The van der Waals surface area contributed by atoms with Crippen LogP contribution in [0.2, 0.25) is 0 Å². The maximum Gasteiger partial charge on any atom is 0.237 e. The number of thioether (sulfide) groups is 1. The van der Waals surface area contributed by atoms with Gasteiger partial charge in [0, 0.05) is 23.2 Å². The molecule has 30 heavy (non-hydrogen) atoms. The van der Waals surface area contributed by atoms with Crippen molar-refractivity contribution < 1.29 is 9.21 Å². The first-order chi connectivity index (χ1) is 14.6. The Labute approximate surface area is 188 Å². The van der Waals surface area contributed by atoms with Crippen molar-refractivity contribution in [1.82, 2.24) is 14.8 Å².